The fraction of sp³-hybridized carbons (Fsp3) is 0.733. The third-order valence-electron chi connectivity index (χ3n) is 4.55. The SMILES string of the molecule is Clc1ccsc1[C@H](C1CCCCC1)N1CCNCC1. The zero-order valence-electron chi connectivity index (χ0n) is 11.4. The van der Waals surface area contributed by atoms with Crippen molar-refractivity contribution in [2.45, 2.75) is 38.1 Å². The average Bonchev–Trinajstić information content (AvgIpc) is 2.88. The molecule has 1 saturated carbocycles. The van der Waals surface area contributed by atoms with Gasteiger partial charge in [0.2, 0.25) is 0 Å². The van der Waals surface area contributed by atoms with Gasteiger partial charge in [-0.1, -0.05) is 30.9 Å². The van der Waals surface area contributed by atoms with Gasteiger partial charge in [0.05, 0.1) is 5.02 Å². The maximum Gasteiger partial charge on any atom is 0.0561 e. The van der Waals surface area contributed by atoms with Gasteiger partial charge in [0.15, 0.2) is 0 Å². The first-order valence-corrected chi connectivity index (χ1v) is 8.79. The first-order chi connectivity index (χ1) is 9.36. The van der Waals surface area contributed by atoms with Gasteiger partial charge in [-0.15, -0.1) is 11.3 Å². The van der Waals surface area contributed by atoms with E-state index in [4.69, 9.17) is 11.6 Å². The lowest BCUT2D eigenvalue weighted by Crippen LogP contribution is -2.47. The highest BCUT2D eigenvalue weighted by Gasteiger charge is 2.32. The molecule has 0 bridgehead atoms. The van der Waals surface area contributed by atoms with E-state index in [0.29, 0.717) is 6.04 Å². The molecule has 2 fully saturated rings. The molecule has 1 N–H and O–H groups in total. The van der Waals surface area contributed by atoms with E-state index in [0.717, 1.165) is 37.1 Å². The van der Waals surface area contributed by atoms with Gasteiger partial charge >= 0.3 is 0 Å². The van der Waals surface area contributed by atoms with E-state index in [-0.39, 0.29) is 0 Å². The van der Waals surface area contributed by atoms with E-state index >= 15 is 0 Å². The normalized spacial score (nSPS) is 24.5. The van der Waals surface area contributed by atoms with Crippen molar-refractivity contribution in [3.8, 4) is 0 Å². The molecule has 19 heavy (non-hydrogen) atoms. The molecule has 0 aromatic carbocycles. The second kappa shape index (κ2) is 6.57. The number of nitrogens with zero attached hydrogens (tertiary/aromatic N) is 1. The van der Waals surface area contributed by atoms with Gasteiger partial charge in [0.1, 0.15) is 0 Å². The van der Waals surface area contributed by atoms with Crippen molar-refractivity contribution >= 4 is 22.9 Å². The van der Waals surface area contributed by atoms with Crippen LogP contribution >= 0.6 is 22.9 Å². The summed E-state index contributed by atoms with van der Waals surface area (Å²) in [5.41, 5.74) is 0. The Hall–Kier alpha value is -0.0900. The number of halogens is 1. The predicted octanol–water partition coefficient (Wildman–Crippen LogP) is 3.93. The van der Waals surface area contributed by atoms with Gasteiger partial charge in [-0.3, -0.25) is 4.90 Å². The monoisotopic (exact) mass is 298 g/mol. The molecule has 0 amide bonds. The van der Waals surface area contributed by atoms with Crippen LogP contribution in [0.1, 0.15) is 43.0 Å². The Labute approximate surface area is 125 Å². The second-order valence-corrected chi connectivity index (χ2v) is 7.12. The van der Waals surface area contributed by atoms with E-state index in [1.54, 1.807) is 0 Å². The molecular formula is C15H23ClN2S. The van der Waals surface area contributed by atoms with Crippen LogP contribution in [0.15, 0.2) is 11.4 Å². The molecular weight excluding hydrogens is 276 g/mol. The summed E-state index contributed by atoms with van der Waals surface area (Å²) in [7, 11) is 0. The van der Waals surface area contributed by atoms with Crippen LogP contribution in [0.2, 0.25) is 5.02 Å². The molecule has 1 saturated heterocycles. The van der Waals surface area contributed by atoms with E-state index in [2.05, 4.69) is 21.7 Å². The lowest BCUT2D eigenvalue weighted by molar-refractivity contribution is 0.106. The predicted molar refractivity (Wildman–Crippen MR) is 83.1 cm³/mol. The van der Waals surface area contributed by atoms with Crippen LogP contribution in [0.25, 0.3) is 0 Å². The molecule has 2 heterocycles. The van der Waals surface area contributed by atoms with Crippen molar-refractivity contribution in [3.05, 3.63) is 21.3 Å². The highest BCUT2D eigenvalue weighted by Crippen LogP contribution is 2.43. The average molecular weight is 299 g/mol. The molecule has 0 unspecified atom stereocenters. The number of hydrogen-bond acceptors (Lipinski definition) is 3. The summed E-state index contributed by atoms with van der Waals surface area (Å²) < 4.78 is 0. The molecule has 3 rings (SSSR count). The highest BCUT2D eigenvalue weighted by atomic mass is 35.5. The lowest BCUT2D eigenvalue weighted by atomic mass is 9.82. The fourth-order valence-corrected chi connectivity index (χ4v) is 5.00. The second-order valence-electron chi connectivity index (χ2n) is 5.76. The van der Waals surface area contributed by atoms with E-state index < -0.39 is 0 Å². The summed E-state index contributed by atoms with van der Waals surface area (Å²) in [5.74, 6) is 0.808. The zero-order chi connectivity index (χ0) is 13.1. The summed E-state index contributed by atoms with van der Waals surface area (Å²) >= 11 is 8.29. The summed E-state index contributed by atoms with van der Waals surface area (Å²) in [4.78, 5) is 4.08. The smallest absolute Gasteiger partial charge is 0.0561 e. The molecule has 1 aliphatic carbocycles. The number of rotatable bonds is 3. The van der Waals surface area contributed by atoms with Crippen molar-refractivity contribution in [3.63, 3.8) is 0 Å². The van der Waals surface area contributed by atoms with Crippen molar-refractivity contribution < 1.29 is 0 Å². The van der Waals surface area contributed by atoms with Gasteiger partial charge < -0.3 is 5.32 Å². The molecule has 1 aliphatic heterocycles. The quantitative estimate of drug-likeness (QED) is 0.909. The van der Waals surface area contributed by atoms with Gasteiger partial charge in [-0.05, 0) is 30.2 Å². The molecule has 1 atom stereocenters. The third kappa shape index (κ3) is 3.15. The third-order valence-corrected chi connectivity index (χ3v) is 5.98. The fourth-order valence-electron chi connectivity index (χ4n) is 3.60. The molecule has 0 spiro atoms. The van der Waals surface area contributed by atoms with Crippen LogP contribution in [0.4, 0.5) is 0 Å². The van der Waals surface area contributed by atoms with E-state index in [1.165, 1.54) is 37.0 Å². The number of piperazine rings is 1. The van der Waals surface area contributed by atoms with Crippen LogP contribution in [0.5, 0.6) is 0 Å². The van der Waals surface area contributed by atoms with Crippen molar-refractivity contribution in [1.29, 1.82) is 0 Å². The van der Waals surface area contributed by atoms with Gasteiger partial charge in [0.25, 0.3) is 0 Å². The number of hydrogen-bond donors (Lipinski definition) is 1. The van der Waals surface area contributed by atoms with Gasteiger partial charge in [-0.2, -0.15) is 0 Å². The largest absolute Gasteiger partial charge is 0.314 e. The van der Waals surface area contributed by atoms with Gasteiger partial charge in [-0.25, -0.2) is 0 Å². The zero-order valence-corrected chi connectivity index (χ0v) is 13.0. The standard InChI is InChI=1S/C15H23ClN2S/c16-13-6-11-19-15(13)14(12-4-2-1-3-5-12)18-9-7-17-8-10-18/h6,11-12,14,17H,1-5,7-10H2/t14-/m0/s1. The summed E-state index contributed by atoms with van der Waals surface area (Å²) in [6.45, 7) is 4.56. The first-order valence-electron chi connectivity index (χ1n) is 7.54. The maximum absolute atomic E-state index is 6.44. The topological polar surface area (TPSA) is 15.3 Å². The Morgan fingerprint density at radius 3 is 2.58 bits per heavy atom. The van der Waals surface area contributed by atoms with Crippen LogP contribution in [0.3, 0.4) is 0 Å². The molecule has 2 aliphatic rings. The van der Waals surface area contributed by atoms with E-state index in [9.17, 15) is 0 Å². The van der Waals surface area contributed by atoms with Crippen LogP contribution in [-0.2, 0) is 0 Å². The van der Waals surface area contributed by atoms with Crippen molar-refractivity contribution in [2.24, 2.45) is 5.92 Å². The minimum absolute atomic E-state index is 0.565. The molecule has 1 aromatic rings. The minimum atomic E-state index is 0.565. The molecule has 4 heteroatoms. The summed E-state index contributed by atoms with van der Waals surface area (Å²) in [5, 5.41) is 6.59. The lowest BCUT2D eigenvalue weighted by Gasteiger charge is -2.40. The van der Waals surface area contributed by atoms with Crippen LogP contribution in [0, 0.1) is 5.92 Å². The first kappa shape index (κ1) is 13.9. The van der Waals surface area contributed by atoms with Gasteiger partial charge in [0, 0.05) is 37.1 Å². The molecule has 2 nitrogen and oxygen atoms in total. The molecule has 106 valence electrons. The number of nitrogens with one attached hydrogen (secondary N) is 1. The Kier molecular flexibility index (Phi) is 4.80. The summed E-state index contributed by atoms with van der Waals surface area (Å²) in [6, 6.07) is 2.63. The highest BCUT2D eigenvalue weighted by molar-refractivity contribution is 7.10. The van der Waals surface area contributed by atoms with Crippen LogP contribution < -0.4 is 5.32 Å². The van der Waals surface area contributed by atoms with Crippen molar-refractivity contribution in [2.75, 3.05) is 26.2 Å². The summed E-state index contributed by atoms with van der Waals surface area (Å²) in [6.07, 6.45) is 6.97. The van der Waals surface area contributed by atoms with Crippen LogP contribution in [-0.4, -0.2) is 31.1 Å². The minimum Gasteiger partial charge on any atom is -0.314 e. The Balaban J connectivity index is 1.83. The van der Waals surface area contributed by atoms with Crippen molar-refractivity contribution in [1.82, 2.24) is 10.2 Å². The molecule has 1 aromatic heterocycles. The Morgan fingerprint density at radius 2 is 1.95 bits per heavy atom. The maximum atomic E-state index is 6.44. The number of thiophene rings is 1. The molecule has 0 radical (unpaired) electrons. The van der Waals surface area contributed by atoms with E-state index in [1.807, 2.05) is 11.3 Å². The Morgan fingerprint density at radius 1 is 1.21 bits per heavy atom. The Bertz CT molecular complexity index is 377.